The van der Waals surface area contributed by atoms with Crippen LogP contribution in [0, 0.1) is 28.6 Å². The Morgan fingerprint density at radius 1 is 1.07 bits per heavy atom. The number of esters is 2. The van der Waals surface area contributed by atoms with E-state index in [2.05, 4.69) is 27.7 Å². The molecule has 0 N–H and O–H groups in total. The van der Waals surface area contributed by atoms with Crippen LogP contribution in [0.4, 0.5) is 0 Å². The lowest BCUT2D eigenvalue weighted by atomic mass is 9.42. The van der Waals surface area contributed by atoms with Gasteiger partial charge in [0.2, 0.25) is 0 Å². The molecule has 2 saturated carbocycles. The minimum absolute atomic E-state index is 0.0107. The molecule has 3 aliphatic carbocycles. The molecule has 5 heteroatoms. The molecule has 5 nitrogen and oxygen atoms in total. The Morgan fingerprint density at radius 2 is 1.72 bits per heavy atom. The van der Waals surface area contributed by atoms with Gasteiger partial charge in [-0.05, 0) is 47.1 Å². The number of carbonyl (C=O) groups is 2. The summed E-state index contributed by atoms with van der Waals surface area (Å²) in [4.78, 5) is 24.3. The third kappa shape index (κ3) is 3.12. The number of furan rings is 1. The van der Waals surface area contributed by atoms with Gasteiger partial charge >= 0.3 is 11.9 Å². The quantitative estimate of drug-likeness (QED) is 0.660. The highest BCUT2D eigenvalue weighted by Crippen LogP contribution is 2.65. The van der Waals surface area contributed by atoms with Gasteiger partial charge in [-0.1, -0.05) is 34.1 Å². The molecule has 3 aliphatic rings. The van der Waals surface area contributed by atoms with Gasteiger partial charge in [0.05, 0.1) is 6.26 Å². The van der Waals surface area contributed by atoms with E-state index in [-0.39, 0.29) is 40.5 Å². The normalized spacial score (nSPS) is 40.2. The minimum Gasteiger partial charge on any atom is -0.469 e. The molecule has 0 saturated heterocycles. The SMILES string of the molecule is CC(=O)O[C@H]1[C@H](OC(C)=O)[C@H]2C(C)(C)CCC[C@]2(C)[C@H]2Cc3occc3[C@H](C)[C@H]12. The molecular weight excluding hydrogens is 368 g/mol. The van der Waals surface area contributed by atoms with Crippen molar-refractivity contribution >= 4 is 11.9 Å². The summed E-state index contributed by atoms with van der Waals surface area (Å²) in [6.07, 6.45) is 5.10. The van der Waals surface area contributed by atoms with Crippen LogP contribution < -0.4 is 0 Å². The smallest absolute Gasteiger partial charge is 0.303 e. The lowest BCUT2D eigenvalue weighted by Gasteiger charge is -2.64. The fraction of sp³-hybridized carbons (Fsp3) is 0.750. The highest BCUT2D eigenvalue weighted by molar-refractivity contribution is 5.67. The number of rotatable bonds is 2. The summed E-state index contributed by atoms with van der Waals surface area (Å²) in [6.45, 7) is 12.0. The molecular formula is C24H34O5. The van der Waals surface area contributed by atoms with Crippen LogP contribution in [0.25, 0.3) is 0 Å². The molecule has 29 heavy (non-hydrogen) atoms. The summed E-state index contributed by atoms with van der Waals surface area (Å²) >= 11 is 0. The Balaban J connectivity index is 1.89. The molecule has 0 amide bonds. The van der Waals surface area contributed by atoms with Gasteiger partial charge in [-0.3, -0.25) is 9.59 Å². The second-order valence-electron chi connectivity index (χ2n) is 10.4. The summed E-state index contributed by atoms with van der Waals surface area (Å²) in [5.74, 6) is 1.17. The zero-order chi connectivity index (χ0) is 21.1. The predicted molar refractivity (Wildman–Crippen MR) is 108 cm³/mol. The van der Waals surface area contributed by atoms with E-state index < -0.39 is 12.2 Å². The van der Waals surface area contributed by atoms with Crippen molar-refractivity contribution < 1.29 is 23.5 Å². The molecule has 0 unspecified atom stereocenters. The molecule has 0 aromatic carbocycles. The van der Waals surface area contributed by atoms with E-state index in [1.54, 1.807) is 6.26 Å². The Labute approximate surface area is 173 Å². The maximum atomic E-state index is 12.2. The van der Waals surface area contributed by atoms with Crippen molar-refractivity contribution in [2.45, 2.75) is 85.4 Å². The van der Waals surface area contributed by atoms with E-state index in [4.69, 9.17) is 13.9 Å². The topological polar surface area (TPSA) is 65.7 Å². The Hall–Kier alpha value is -1.78. The first-order valence-electron chi connectivity index (χ1n) is 11.0. The van der Waals surface area contributed by atoms with Crippen LogP contribution in [-0.2, 0) is 25.5 Å². The van der Waals surface area contributed by atoms with Crippen molar-refractivity contribution in [3.8, 4) is 0 Å². The van der Waals surface area contributed by atoms with E-state index in [0.29, 0.717) is 5.92 Å². The fourth-order valence-corrected chi connectivity index (χ4v) is 7.44. The minimum atomic E-state index is -0.435. The summed E-state index contributed by atoms with van der Waals surface area (Å²) in [5, 5.41) is 0. The van der Waals surface area contributed by atoms with E-state index in [9.17, 15) is 9.59 Å². The van der Waals surface area contributed by atoms with E-state index in [1.807, 2.05) is 6.07 Å². The van der Waals surface area contributed by atoms with Gasteiger partial charge in [0.25, 0.3) is 0 Å². The van der Waals surface area contributed by atoms with E-state index in [1.165, 1.54) is 19.4 Å². The van der Waals surface area contributed by atoms with Crippen molar-refractivity contribution in [2.24, 2.45) is 28.6 Å². The first-order chi connectivity index (χ1) is 13.6. The summed E-state index contributed by atoms with van der Waals surface area (Å²) < 4.78 is 17.8. The molecule has 4 rings (SSSR count). The zero-order valence-corrected chi connectivity index (χ0v) is 18.5. The number of fused-ring (bicyclic) bond motifs is 4. The Bertz CT molecular complexity index is 808. The van der Waals surface area contributed by atoms with Gasteiger partial charge in [0.15, 0.2) is 0 Å². The molecule has 1 heterocycles. The Kier molecular flexibility index (Phi) is 4.86. The highest BCUT2D eigenvalue weighted by Gasteiger charge is 2.65. The van der Waals surface area contributed by atoms with Gasteiger partial charge in [0, 0.05) is 32.1 Å². The zero-order valence-electron chi connectivity index (χ0n) is 18.5. The molecule has 0 bridgehead atoms. The number of hydrogen-bond donors (Lipinski definition) is 0. The summed E-state index contributed by atoms with van der Waals surface area (Å²) in [7, 11) is 0. The lowest BCUT2D eigenvalue weighted by molar-refractivity contribution is -0.237. The summed E-state index contributed by atoms with van der Waals surface area (Å²) in [5.41, 5.74) is 1.17. The molecule has 0 aliphatic heterocycles. The lowest BCUT2D eigenvalue weighted by Crippen LogP contribution is -2.66. The Morgan fingerprint density at radius 3 is 2.38 bits per heavy atom. The highest BCUT2D eigenvalue weighted by atomic mass is 16.6. The molecule has 0 radical (unpaired) electrons. The average molecular weight is 403 g/mol. The number of ether oxygens (including phenoxy) is 2. The van der Waals surface area contributed by atoms with Crippen LogP contribution in [0.5, 0.6) is 0 Å². The van der Waals surface area contributed by atoms with Gasteiger partial charge < -0.3 is 13.9 Å². The standard InChI is InChI=1S/C24H34O5/c1-13-16-8-11-27-18(16)12-17-19(13)20(28-14(2)25)21(29-15(3)26)22-23(4,5)9-7-10-24(17,22)6/h8,11,13,17,19-22H,7,9-10,12H2,1-6H3/t13-,17-,19-,20+,21-,22-,24+/m0/s1. The monoisotopic (exact) mass is 402 g/mol. The summed E-state index contributed by atoms with van der Waals surface area (Å²) in [6, 6.07) is 2.04. The van der Waals surface area contributed by atoms with Crippen molar-refractivity contribution in [1.82, 2.24) is 0 Å². The average Bonchev–Trinajstić information content (AvgIpc) is 3.06. The third-order valence-electron chi connectivity index (χ3n) is 8.29. The second-order valence-corrected chi connectivity index (χ2v) is 10.4. The van der Waals surface area contributed by atoms with Crippen molar-refractivity contribution in [1.29, 1.82) is 0 Å². The van der Waals surface area contributed by atoms with Crippen LogP contribution in [0.1, 0.15) is 78.0 Å². The van der Waals surface area contributed by atoms with Crippen LogP contribution in [0.2, 0.25) is 0 Å². The van der Waals surface area contributed by atoms with Gasteiger partial charge in [-0.15, -0.1) is 0 Å². The number of carbonyl (C=O) groups excluding carboxylic acids is 2. The predicted octanol–water partition coefficient (Wildman–Crippen LogP) is 4.88. The van der Waals surface area contributed by atoms with Crippen LogP contribution in [0.3, 0.4) is 0 Å². The molecule has 2 fully saturated rings. The maximum Gasteiger partial charge on any atom is 0.303 e. The van der Waals surface area contributed by atoms with E-state index >= 15 is 0 Å². The van der Waals surface area contributed by atoms with Crippen molar-refractivity contribution in [3.63, 3.8) is 0 Å². The van der Waals surface area contributed by atoms with Gasteiger partial charge in [-0.25, -0.2) is 0 Å². The molecule has 7 atom stereocenters. The first kappa shape index (κ1) is 20.5. The van der Waals surface area contributed by atoms with Crippen LogP contribution in [0.15, 0.2) is 16.7 Å². The third-order valence-corrected chi connectivity index (χ3v) is 8.29. The van der Waals surface area contributed by atoms with Crippen LogP contribution >= 0.6 is 0 Å². The maximum absolute atomic E-state index is 12.2. The van der Waals surface area contributed by atoms with Crippen molar-refractivity contribution in [2.75, 3.05) is 0 Å². The molecule has 1 aromatic heterocycles. The van der Waals surface area contributed by atoms with Crippen LogP contribution in [-0.4, -0.2) is 24.1 Å². The van der Waals surface area contributed by atoms with Crippen molar-refractivity contribution in [3.05, 3.63) is 23.7 Å². The molecule has 1 aromatic rings. The fourth-order valence-electron chi connectivity index (χ4n) is 7.44. The largest absolute Gasteiger partial charge is 0.469 e. The molecule has 160 valence electrons. The number of hydrogen-bond acceptors (Lipinski definition) is 5. The van der Waals surface area contributed by atoms with Gasteiger partial charge in [-0.2, -0.15) is 0 Å². The first-order valence-corrected chi connectivity index (χ1v) is 11.0. The second kappa shape index (κ2) is 6.88. The van der Waals surface area contributed by atoms with E-state index in [0.717, 1.165) is 31.4 Å². The van der Waals surface area contributed by atoms with Gasteiger partial charge in [0.1, 0.15) is 18.0 Å². The molecule has 0 spiro atoms.